The normalized spacial score (nSPS) is 11.2. The predicted octanol–water partition coefficient (Wildman–Crippen LogP) is 5.77. The molecule has 108 valence electrons. The fourth-order valence-corrected chi connectivity index (χ4v) is 2.83. The van der Waals surface area contributed by atoms with Crippen LogP contribution in [0.1, 0.15) is 0 Å². The van der Waals surface area contributed by atoms with Crippen LogP contribution in [0, 0.1) is 0 Å². The zero-order chi connectivity index (χ0) is 15.1. The highest BCUT2D eigenvalue weighted by molar-refractivity contribution is 6.42. The van der Waals surface area contributed by atoms with E-state index in [-0.39, 0.29) is 0 Å². The minimum Gasteiger partial charge on any atom is -0.355 e. The monoisotopic (exact) mass is 327 g/mol. The van der Waals surface area contributed by atoms with Crippen molar-refractivity contribution in [1.82, 2.24) is 9.97 Å². The van der Waals surface area contributed by atoms with Crippen molar-refractivity contribution in [3.8, 4) is 0 Å². The molecule has 0 spiro atoms. The second-order valence-corrected chi connectivity index (χ2v) is 5.85. The Morgan fingerprint density at radius 1 is 0.864 bits per heavy atom. The molecule has 3 nitrogen and oxygen atoms in total. The molecule has 0 aliphatic carbocycles. The average Bonchev–Trinajstić information content (AvgIpc) is 2.89. The van der Waals surface area contributed by atoms with Crippen LogP contribution in [0.2, 0.25) is 10.0 Å². The Bertz CT molecular complexity index is 992. The lowest BCUT2D eigenvalue weighted by molar-refractivity contribution is 1.42. The molecule has 0 aliphatic rings. The Kier molecular flexibility index (Phi) is 3.17. The van der Waals surface area contributed by atoms with Gasteiger partial charge in [0.05, 0.1) is 21.1 Å². The van der Waals surface area contributed by atoms with E-state index in [2.05, 4.69) is 21.4 Å². The number of aromatic amines is 1. The molecule has 4 rings (SSSR count). The number of pyridine rings is 1. The van der Waals surface area contributed by atoms with Gasteiger partial charge in [0.2, 0.25) is 0 Å². The third-order valence-corrected chi connectivity index (χ3v) is 4.30. The second-order valence-electron chi connectivity index (χ2n) is 5.04. The van der Waals surface area contributed by atoms with Crippen molar-refractivity contribution in [2.45, 2.75) is 0 Å². The summed E-state index contributed by atoms with van der Waals surface area (Å²) in [5, 5.41) is 5.49. The lowest BCUT2D eigenvalue weighted by Gasteiger charge is -2.07. The number of fused-ring (bicyclic) bond motifs is 3. The van der Waals surface area contributed by atoms with Gasteiger partial charge in [-0.15, -0.1) is 0 Å². The van der Waals surface area contributed by atoms with Crippen molar-refractivity contribution in [3.05, 3.63) is 64.8 Å². The van der Waals surface area contributed by atoms with Crippen LogP contribution >= 0.6 is 23.2 Å². The largest absolute Gasteiger partial charge is 0.355 e. The molecule has 0 saturated heterocycles. The average molecular weight is 328 g/mol. The highest BCUT2D eigenvalue weighted by Crippen LogP contribution is 2.30. The number of rotatable bonds is 2. The van der Waals surface area contributed by atoms with Crippen LogP contribution in [-0.4, -0.2) is 9.97 Å². The Labute approximate surface area is 136 Å². The highest BCUT2D eigenvalue weighted by Gasteiger charge is 2.06. The molecule has 0 amide bonds. The van der Waals surface area contributed by atoms with E-state index in [1.165, 1.54) is 0 Å². The number of benzene rings is 2. The third-order valence-electron chi connectivity index (χ3n) is 3.56. The number of aromatic nitrogens is 2. The van der Waals surface area contributed by atoms with Gasteiger partial charge in [-0.25, -0.2) is 0 Å². The topological polar surface area (TPSA) is 40.7 Å². The van der Waals surface area contributed by atoms with E-state index >= 15 is 0 Å². The summed E-state index contributed by atoms with van der Waals surface area (Å²) in [7, 11) is 0. The van der Waals surface area contributed by atoms with Crippen molar-refractivity contribution >= 4 is 56.5 Å². The number of nitrogens with zero attached hydrogens (tertiary/aromatic N) is 1. The van der Waals surface area contributed by atoms with Gasteiger partial charge in [0.15, 0.2) is 0 Å². The quantitative estimate of drug-likeness (QED) is 0.491. The summed E-state index contributed by atoms with van der Waals surface area (Å²) in [6.07, 6.45) is 1.80. The van der Waals surface area contributed by atoms with Crippen LogP contribution in [0.5, 0.6) is 0 Å². The summed E-state index contributed by atoms with van der Waals surface area (Å²) >= 11 is 12.0. The molecule has 2 aromatic carbocycles. The lowest BCUT2D eigenvalue weighted by Crippen LogP contribution is -1.90. The third kappa shape index (κ3) is 2.28. The van der Waals surface area contributed by atoms with Crippen molar-refractivity contribution in [2.75, 3.05) is 5.32 Å². The molecule has 2 N–H and O–H groups in total. The molecule has 0 aliphatic heterocycles. The van der Waals surface area contributed by atoms with Crippen LogP contribution in [0.15, 0.2) is 54.7 Å². The van der Waals surface area contributed by atoms with Gasteiger partial charge in [-0.05, 0) is 48.5 Å². The zero-order valence-electron chi connectivity index (χ0n) is 11.4. The fraction of sp³-hybridized carbons (Fsp3) is 0. The number of H-pyrrole nitrogens is 1. The molecule has 2 aromatic heterocycles. The summed E-state index contributed by atoms with van der Waals surface area (Å²) in [6.45, 7) is 0. The number of hydrogen-bond donors (Lipinski definition) is 2. The van der Waals surface area contributed by atoms with E-state index in [4.69, 9.17) is 23.2 Å². The predicted molar refractivity (Wildman–Crippen MR) is 93.3 cm³/mol. The molecule has 0 atom stereocenters. The number of nitrogens with one attached hydrogen (secondary N) is 2. The SMILES string of the molecule is Clc1ccc(Nc2ccc3[nH]c4cccnc4c3c2)cc1Cl. The first kappa shape index (κ1) is 13.4. The van der Waals surface area contributed by atoms with Gasteiger partial charge in [0, 0.05) is 28.5 Å². The second kappa shape index (κ2) is 5.20. The number of halogens is 2. The van der Waals surface area contributed by atoms with Crippen molar-refractivity contribution in [3.63, 3.8) is 0 Å². The van der Waals surface area contributed by atoms with Gasteiger partial charge in [-0.2, -0.15) is 0 Å². The van der Waals surface area contributed by atoms with Crippen molar-refractivity contribution in [2.24, 2.45) is 0 Å². The van der Waals surface area contributed by atoms with Crippen LogP contribution < -0.4 is 5.32 Å². The number of anilines is 2. The minimum atomic E-state index is 0.529. The zero-order valence-corrected chi connectivity index (χ0v) is 12.9. The van der Waals surface area contributed by atoms with E-state index in [0.717, 1.165) is 33.3 Å². The van der Waals surface area contributed by atoms with Gasteiger partial charge in [-0.1, -0.05) is 23.2 Å². The van der Waals surface area contributed by atoms with Crippen LogP contribution in [0.3, 0.4) is 0 Å². The summed E-state index contributed by atoms with van der Waals surface area (Å²) in [5.41, 5.74) is 4.92. The highest BCUT2D eigenvalue weighted by atomic mass is 35.5. The van der Waals surface area contributed by atoms with Gasteiger partial charge >= 0.3 is 0 Å². The first-order chi connectivity index (χ1) is 10.7. The maximum Gasteiger partial charge on any atom is 0.0958 e. The lowest BCUT2D eigenvalue weighted by atomic mass is 10.2. The molecule has 0 fully saturated rings. The molecule has 0 bridgehead atoms. The molecule has 2 heterocycles. The molecule has 0 unspecified atom stereocenters. The maximum absolute atomic E-state index is 6.05. The summed E-state index contributed by atoms with van der Waals surface area (Å²) < 4.78 is 0. The Morgan fingerprint density at radius 2 is 1.68 bits per heavy atom. The Morgan fingerprint density at radius 3 is 2.55 bits per heavy atom. The van der Waals surface area contributed by atoms with E-state index < -0.39 is 0 Å². The summed E-state index contributed by atoms with van der Waals surface area (Å²) in [4.78, 5) is 7.80. The maximum atomic E-state index is 6.05. The first-order valence-electron chi connectivity index (χ1n) is 6.79. The van der Waals surface area contributed by atoms with Crippen molar-refractivity contribution in [1.29, 1.82) is 0 Å². The molecule has 5 heteroatoms. The molecular formula is C17H11Cl2N3. The van der Waals surface area contributed by atoms with E-state index in [1.807, 2.05) is 36.4 Å². The van der Waals surface area contributed by atoms with E-state index in [1.54, 1.807) is 12.3 Å². The summed E-state index contributed by atoms with van der Waals surface area (Å²) in [5.74, 6) is 0. The van der Waals surface area contributed by atoms with Gasteiger partial charge in [0.25, 0.3) is 0 Å². The standard InChI is InChI=1S/C17H11Cl2N3/c18-13-5-3-11(9-14(13)19)21-10-4-6-15-12(8-10)17-16(22-15)2-1-7-20-17/h1-9,21-22H. The van der Waals surface area contributed by atoms with Gasteiger partial charge < -0.3 is 10.3 Å². The molecule has 4 aromatic rings. The molecule has 22 heavy (non-hydrogen) atoms. The first-order valence-corrected chi connectivity index (χ1v) is 7.55. The van der Waals surface area contributed by atoms with Crippen LogP contribution in [0.25, 0.3) is 21.9 Å². The molecular weight excluding hydrogens is 317 g/mol. The minimum absolute atomic E-state index is 0.529. The molecule has 0 radical (unpaired) electrons. The number of hydrogen-bond acceptors (Lipinski definition) is 2. The smallest absolute Gasteiger partial charge is 0.0958 e. The Balaban J connectivity index is 1.78. The van der Waals surface area contributed by atoms with Crippen molar-refractivity contribution < 1.29 is 0 Å². The van der Waals surface area contributed by atoms with Crippen LogP contribution in [-0.2, 0) is 0 Å². The fourth-order valence-electron chi connectivity index (χ4n) is 2.53. The molecule has 0 saturated carbocycles. The van der Waals surface area contributed by atoms with Gasteiger partial charge in [-0.3, -0.25) is 4.98 Å². The van der Waals surface area contributed by atoms with Crippen LogP contribution in [0.4, 0.5) is 11.4 Å². The van der Waals surface area contributed by atoms with E-state index in [9.17, 15) is 0 Å². The Hall–Kier alpha value is -2.23. The van der Waals surface area contributed by atoms with Gasteiger partial charge in [0.1, 0.15) is 0 Å². The van der Waals surface area contributed by atoms with E-state index in [0.29, 0.717) is 10.0 Å². The summed E-state index contributed by atoms with van der Waals surface area (Å²) in [6, 6.07) is 15.5.